The van der Waals surface area contributed by atoms with Crippen molar-refractivity contribution in [3.63, 3.8) is 0 Å². The molecule has 170 valence electrons. The highest BCUT2D eigenvalue weighted by Crippen LogP contribution is 2.20. The third-order valence-corrected chi connectivity index (χ3v) is 5.61. The molecule has 32 heavy (non-hydrogen) atoms. The molecule has 0 aliphatic heterocycles. The second-order valence-electron chi connectivity index (χ2n) is 8.59. The summed E-state index contributed by atoms with van der Waals surface area (Å²) in [4.78, 5) is 16.4. The second-order valence-corrected chi connectivity index (χ2v) is 8.59. The fraction of sp³-hybridized carbons (Fsp3) is 0.407. The lowest BCUT2D eigenvalue weighted by Gasteiger charge is -2.12. The molecule has 3 aromatic rings. The standard InChI is InChI=1S/C27H35N3O2/c1-20(2)22-13-15-23(16-14-22)32-19-18-30-25-11-8-7-10-24(25)29-26(30)12-6-5-9-17-28-27(31)21(3)4/h7-8,10-11,13-16,20H,3,5-6,9,12,17-19H2,1-2,4H3,(H,28,31). The first-order valence-electron chi connectivity index (χ1n) is 11.6. The molecule has 2 aromatic carbocycles. The lowest BCUT2D eigenvalue weighted by molar-refractivity contribution is -0.117. The molecule has 0 atom stereocenters. The van der Waals surface area contributed by atoms with Crippen LogP contribution in [0.25, 0.3) is 11.0 Å². The van der Waals surface area contributed by atoms with Gasteiger partial charge in [0.2, 0.25) is 5.91 Å². The van der Waals surface area contributed by atoms with Gasteiger partial charge in [-0.05, 0) is 55.5 Å². The van der Waals surface area contributed by atoms with Gasteiger partial charge in [-0.25, -0.2) is 4.98 Å². The highest BCUT2D eigenvalue weighted by atomic mass is 16.5. The van der Waals surface area contributed by atoms with Gasteiger partial charge in [-0.15, -0.1) is 0 Å². The first-order chi connectivity index (χ1) is 15.5. The van der Waals surface area contributed by atoms with Crippen molar-refractivity contribution in [3.8, 4) is 5.75 Å². The quantitative estimate of drug-likeness (QED) is 0.297. The van der Waals surface area contributed by atoms with E-state index in [1.807, 2.05) is 6.07 Å². The Labute approximate surface area is 191 Å². The van der Waals surface area contributed by atoms with E-state index in [1.54, 1.807) is 6.92 Å². The zero-order valence-electron chi connectivity index (χ0n) is 19.6. The number of nitrogens with zero attached hydrogens (tertiary/aromatic N) is 2. The van der Waals surface area contributed by atoms with E-state index in [2.05, 4.69) is 72.8 Å². The van der Waals surface area contributed by atoms with Crippen LogP contribution in [0.4, 0.5) is 0 Å². The zero-order chi connectivity index (χ0) is 22.9. The third kappa shape index (κ3) is 6.46. The van der Waals surface area contributed by atoms with Gasteiger partial charge in [0.25, 0.3) is 0 Å². The summed E-state index contributed by atoms with van der Waals surface area (Å²) in [7, 11) is 0. The minimum atomic E-state index is -0.0642. The number of carbonyl (C=O) groups is 1. The van der Waals surface area contributed by atoms with Gasteiger partial charge >= 0.3 is 0 Å². The van der Waals surface area contributed by atoms with E-state index < -0.39 is 0 Å². The van der Waals surface area contributed by atoms with Crippen LogP contribution in [0.5, 0.6) is 5.75 Å². The molecule has 5 heteroatoms. The summed E-state index contributed by atoms with van der Waals surface area (Å²) in [6, 6.07) is 16.6. The minimum Gasteiger partial charge on any atom is -0.492 e. The molecule has 0 aliphatic rings. The van der Waals surface area contributed by atoms with Crippen LogP contribution in [0, 0.1) is 0 Å². The molecule has 0 saturated heterocycles. The van der Waals surface area contributed by atoms with E-state index in [0.717, 1.165) is 54.8 Å². The summed E-state index contributed by atoms with van der Waals surface area (Å²) >= 11 is 0. The zero-order valence-corrected chi connectivity index (χ0v) is 19.6. The Balaban J connectivity index is 1.54. The van der Waals surface area contributed by atoms with E-state index in [4.69, 9.17) is 9.72 Å². The minimum absolute atomic E-state index is 0.0642. The Hall–Kier alpha value is -3.08. The van der Waals surface area contributed by atoms with Crippen molar-refractivity contribution in [3.05, 3.63) is 72.1 Å². The van der Waals surface area contributed by atoms with E-state index in [1.165, 1.54) is 5.56 Å². The molecule has 1 heterocycles. The fourth-order valence-corrected chi connectivity index (χ4v) is 3.71. The van der Waals surface area contributed by atoms with Crippen molar-refractivity contribution in [2.24, 2.45) is 0 Å². The normalized spacial score (nSPS) is 11.1. The molecule has 1 amide bonds. The third-order valence-electron chi connectivity index (χ3n) is 5.61. The van der Waals surface area contributed by atoms with Crippen molar-refractivity contribution >= 4 is 16.9 Å². The number of aromatic nitrogens is 2. The molecule has 0 spiro atoms. The molecule has 0 saturated carbocycles. The Bertz CT molecular complexity index is 1030. The molecule has 1 N–H and O–H groups in total. The van der Waals surface area contributed by atoms with E-state index in [0.29, 0.717) is 24.6 Å². The smallest absolute Gasteiger partial charge is 0.246 e. The maximum absolute atomic E-state index is 11.6. The van der Waals surface area contributed by atoms with Gasteiger partial charge in [-0.2, -0.15) is 0 Å². The van der Waals surface area contributed by atoms with Crippen molar-refractivity contribution < 1.29 is 9.53 Å². The average Bonchev–Trinajstić information content (AvgIpc) is 3.13. The molecule has 1 aromatic heterocycles. The van der Waals surface area contributed by atoms with Crippen molar-refractivity contribution in [2.45, 2.75) is 58.9 Å². The number of nitrogens with one attached hydrogen (secondary N) is 1. The van der Waals surface area contributed by atoms with E-state index >= 15 is 0 Å². The Morgan fingerprint density at radius 2 is 1.84 bits per heavy atom. The predicted molar refractivity (Wildman–Crippen MR) is 131 cm³/mol. The average molecular weight is 434 g/mol. The Morgan fingerprint density at radius 1 is 1.09 bits per heavy atom. The molecule has 0 radical (unpaired) electrons. The summed E-state index contributed by atoms with van der Waals surface area (Å²) in [6.45, 7) is 11.8. The van der Waals surface area contributed by atoms with E-state index in [-0.39, 0.29) is 5.91 Å². The SMILES string of the molecule is C=C(C)C(=O)NCCCCCc1nc2ccccc2n1CCOc1ccc(C(C)C)cc1. The molecule has 0 bridgehead atoms. The number of para-hydroxylation sites is 2. The molecule has 3 rings (SSSR count). The van der Waals surface area contributed by atoms with Gasteiger partial charge in [0.15, 0.2) is 0 Å². The van der Waals surface area contributed by atoms with Gasteiger partial charge in [-0.1, -0.05) is 51.1 Å². The van der Waals surface area contributed by atoms with Crippen LogP contribution in [0.2, 0.25) is 0 Å². The maximum atomic E-state index is 11.6. The number of aryl methyl sites for hydroxylation is 1. The Morgan fingerprint density at radius 3 is 2.56 bits per heavy atom. The van der Waals surface area contributed by atoms with Crippen LogP contribution in [0.1, 0.15) is 57.3 Å². The summed E-state index contributed by atoms with van der Waals surface area (Å²) in [5.41, 5.74) is 4.05. The number of benzene rings is 2. The first-order valence-corrected chi connectivity index (χ1v) is 11.6. The largest absolute Gasteiger partial charge is 0.492 e. The molecular weight excluding hydrogens is 398 g/mol. The van der Waals surface area contributed by atoms with Gasteiger partial charge < -0.3 is 14.6 Å². The fourth-order valence-electron chi connectivity index (χ4n) is 3.71. The second kappa shape index (κ2) is 11.5. The highest BCUT2D eigenvalue weighted by Gasteiger charge is 2.10. The number of hydrogen-bond donors (Lipinski definition) is 1. The van der Waals surface area contributed by atoms with Gasteiger partial charge in [0.05, 0.1) is 17.6 Å². The first kappa shape index (κ1) is 23.6. The lowest BCUT2D eigenvalue weighted by atomic mass is 10.0. The number of ether oxygens (including phenoxy) is 1. The number of amides is 1. The number of imidazole rings is 1. The molecule has 0 aliphatic carbocycles. The molecular formula is C27H35N3O2. The summed E-state index contributed by atoms with van der Waals surface area (Å²) in [6.07, 6.45) is 3.93. The van der Waals surface area contributed by atoms with Gasteiger partial charge in [-0.3, -0.25) is 4.79 Å². The van der Waals surface area contributed by atoms with Crippen LogP contribution in [0.3, 0.4) is 0 Å². The summed E-state index contributed by atoms with van der Waals surface area (Å²) < 4.78 is 8.30. The van der Waals surface area contributed by atoms with Gasteiger partial charge in [0, 0.05) is 18.5 Å². The van der Waals surface area contributed by atoms with Gasteiger partial charge in [0.1, 0.15) is 18.2 Å². The lowest BCUT2D eigenvalue weighted by Crippen LogP contribution is -2.24. The van der Waals surface area contributed by atoms with Crippen molar-refractivity contribution in [1.82, 2.24) is 14.9 Å². The number of rotatable bonds is 12. The maximum Gasteiger partial charge on any atom is 0.246 e. The van der Waals surface area contributed by atoms with E-state index in [9.17, 15) is 4.79 Å². The topological polar surface area (TPSA) is 56.2 Å². The number of carbonyl (C=O) groups excluding carboxylic acids is 1. The predicted octanol–water partition coefficient (Wildman–Crippen LogP) is 5.64. The van der Waals surface area contributed by atoms with Crippen LogP contribution in [-0.4, -0.2) is 28.6 Å². The Kier molecular flexibility index (Phi) is 8.48. The molecule has 0 unspecified atom stereocenters. The molecule has 5 nitrogen and oxygen atoms in total. The highest BCUT2D eigenvalue weighted by molar-refractivity contribution is 5.92. The van der Waals surface area contributed by atoms with Crippen LogP contribution in [0.15, 0.2) is 60.7 Å². The summed E-state index contributed by atoms with van der Waals surface area (Å²) in [5, 5.41) is 2.89. The van der Waals surface area contributed by atoms with Crippen LogP contribution >= 0.6 is 0 Å². The van der Waals surface area contributed by atoms with Crippen LogP contribution < -0.4 is 10.1 Å². The number of fused-ring (bicyclic) bond motifs is 1. The monoisotopic (exact) mass is 433 g/mol. The number of unbranched alkanes of at least 4 members (excludes halogenated alkanes) is 2. The van der Waals surface area contributed by atoms with Crippen molar-refractivity contribution in [2.75, 3.05) is 13.2 Å². The number of hydrogen-bond acceptors (Lipinski definition) is 3. The van der Waals surface area contributed by atoms with Crippen LogP contribution in [-0.2, 0) is 17.8 Å². The summed E-state index contributed by atoms with van der Waals surface area (Å²) in [5.74, 6) is 2.45. The molecule has 0 fully saturated rings. The van der Waals surface area contributed by atoms with Crippen molar-refractivity contribution in [1.29, 1.82) is 0 Å².